The van der Waals surface area contributed by atoms with E-state index < -0.39 is 0 Å². The Hall–Kier alpha value is -1.42. The molecule has 0 saturated heterocycles. The molecule has 0 bridgehead atoms. The average molecular weight is 308 g/mol. The number of ketones is 1. The maximum Gasteiger partial charge on any atom is 0.164 e. The summed E-state index contributed by atoms with van der Waals surface area (Å²) in [6.07, 6.45) is 4.20. The van der Waals surface area contributed by atoms with Gasteiger partial charge in [-0.05, 0) is 53.0 Å². The van der Waals surface area contributed by atoms with Crippen molar-refractivity contribution in [2.24, 2.45) is 0 Å². The van der Waals surface area contributed by atoms with Crippen molar-refractivity contribution in [1.29, 1.82) is 0 Å². The number of benzene rings is 1. The third kappa shape index (κ3) is 1.81. The lowest BCUT2D eigenvalue weighted by Gasteiger charge is -2.15. The fourth-order valence-electron chi connectivity index (χ4n) is 2.40. The molecule has 0 spiro atoms. The summed E-state index contributed by atoms with van der Waals surface area (Å²) in [7, 11) is 0. The van der Waals surface area contributed by atoms with E-state index in [1.165, 1.54) is 6.07 Å². The van der Waals surface area contributed by atoms with Gasteiger partial charge in [0, 0.05) is 29.6 Å². The highest BCUT2D eigenvalue weighted by Crippen LogP contribution is 2.26. The molecule has 2 aromatic rings. The Kier molecular flexibility index (Phi) is 2.82. The van der Waals surface area contributed by atoms with Crippen LogP contribution in [0.1, 0.15) is 28.9 Å². The number of hydrogen-bond donors (Lipinski definition) is 0. The van der Waals surface area contributed by atoms with E-state index in [0.717, 1.165) is 29.8 Å². The summed E-state index contributed by atoms with van der Waals surface area (Å²) in [5.41, 5.74) is 2.53. The smallest absolute Gasteiger partial charge is 0.164 e. The second-order valence-electron chi connectivity index (χ2n) is 4.42. The topological polar surface area (TPSA) is 22.0 Å². The molecule has 92 valence electrons. The molecule has 1 aliphatic carbocycles. The third-order valence-corrected chi connectivity index (χ3v) is 3.93. The number of hydrogen-bond acceptors (Lipinski definition) is 1. The quantitative estimate of drug-likeness (QED) is 0.783. The zero-order chi connectivity index (χ0) is 12.7. The van der Waals surface area contributed by atoms with E-state index >= 15 is 0 Å². The number of nitrogens with zero attached hydrogens (tertiary/aromatic N) is 1. The number of aromatic nitrogens is 1. The van der Waals surface area contributed by atoms with Gasteiger partial charge in [-0.25, -0.2) is 4.39 Å². The molecule has 0 amide bonds. The minimum absolute atomic E-state index is 0.188. The number of Topliss-reactive ketones (excluding diaryl/α,β-unsaturated/α-hetero) is 1. The molecule has 0 N–H and O–H groups in total. The van der Waals surface area contributed by atoms with Gasteiger partial charge in [-0.2, -0.15) is 0 Å². The summed E-state index contributed by atoms with van der Waals surface area (Å²) in [4.78, 5) is 11.8. The van der Waals surface area contributed by atoms with Crippen molar-refractivity contribution in [2.75, 3.05) is 0 Å². The molecule has 0 aliphatic heterocycles. The average Bonchev–Trinajstić information content (AvgIpc) is 2.78. The van der Waals surface area contributed by atoms with Crippen molar-refractivity contribution in [3.05, 3.63) is 52.0 Å². The molecule has 0 atom stereocenters. The van der Waals surface area contributed by atoms with Crippen molar-refractivity contribution in [3.63, 3.8) is 0 Å². The highest BCUT2D eigenvalue weighted by Gasteiger charge is 2.21. The van der Waals surface area contributed by atoms with Gasteiger partial charge in [-0.3, -0.25) is 4.79 Å². The van der Waals surface area contributed by atoms with Crippen LogP contribution < -0.4 is 0 Å². The number of carbonyl (C=O) groups is 1. The van der Waals surface area contributed by atoms with E-state index in [9.17, 15) is 9.18 Å². The van der Waals surface area contributed by atoms with Crippen LogP contribution in [0.4, 0.5) is 4.39 Å². The number of carbonyl (C=O) groups excluding carboxylic acids is 1. The zero-order valence-corrected chi connectivity index (χ0v) is 11.2. The Balaban J connectivity index is 2.12. The summed E-state index contributed by atoms with van der Waals surface area (Å²) in [5.74, 6) is -0.107. The van der Waals surface area contributed by atoms with Crippen molar-refractivity contribution < 1.29 is 9.18 Å². The molecule has 18 heavy (non-hydrogen) atoms. The molecule has 0 radical (unpaired) electrons. The van der Waals surface area contributed by atoms with Crippen LogP contribution >= 0.6 is 15.9 Å². The number of fused-ring (bicyclic) bond motifs is 1. The van der Waals surface area contributed by atoms with Gasteiger partial charge in [-0.15, -0.1) is 0 Å². The highest BCUT2D eigenvalue weighted by atomic mass is 79.9. The Bertz CT molecular complexity index is 633. The predicted molar refractivity (Wildman–Crippen MR) is 70.7 cm³/mol. The first-order valence-corrected chi connectivity index (χ1v) is 6.65. The second kappa shape index (κ2) is 4.35. The fourth-order valence-corrected chi connectivity index (χ4v) is 2.65. The first-order chi connectivity index (χ1) is 8.66. The Labute approximate surface area is 113 Å². The van der Waals surface area contributed by atoms with Gasteiger partial charge in [0.05, 0.1) is 4.47 Å². The standard InChI is InChI=1S/C14H11BrFNO/c15-11-5-4-9(8-12(11)16)17-7-6-10-13(17)2-1-3-14(10)18/h4-8H,1-3H2. The molecule has 0 unspecified atom stereocenters. The molecule has 0 saturated carbocycles. The van der Waals surface area contributed by atoms with Crippen molar-refractivity contribution in [1.82, 2.24) is 4.57 Å². The lowest BCUT2D eigenvalue weighted by molar-refractivity contribution is 0.0972. The molecule has 1 aromatic heterocycles. The van der Waals surface area contributed by atoms with Crippen LogP contribution in [0, 0.1) is 5.82 Å². The van der Waals surface area contributed by atoms with E-state index in [1.807, 2.05) is 22.9 Å². The highest BCUT2D eigenvalue weighted by molar-refractivity contribution is 9.10. The van der Waals surface area contributed by atoms with Crippen molar-refractivity contribution in [3.8, 4) is 5.69 Å². The monoisotopic (exact) mass is 307 g/mol. The number of rotatable bonds is 1. The van der Waals surface area contributed by atoms with E-state index in [-0.39, 0.29) is 11.6 Å². The van der Waals surface area contributed by atoms with Gasteiger partial charge in [0.25, 0.3) is 0 Å². The minimum atomic E-state index is -0.294. The van der Waals surface area contributed by atoms with Gasteiger partial charge < -0.3 is 4.57 Å². The van der Waals surface area contributed by atoms with Gasteiger partial charge in [0.2, 0.25) is 0 Å². The number of halogens is 2. The summed E-state index contributed by atoms with van der Waals surface area (Å²) < 4.78 is 15.9. The lowest BCUT2D eigenvalue weighted by Crippen LogP contribution is -2.12. The van der Waals surface area contributed by atoms with Gasteiger partial charge in [0.15, 0.2) is 5.78 Å². The minimum Gasteiger partial charge on any atom is -0.320 e. The van der Waals surface area contributed by atoms with Crippen molar-refractivity contribution in [2.45, 2.75) is 19.3 Å². The van der Waals surface area contributed by atoms with Crippen molar-refractivity contribution >= 4 is 21.7 Å². The van der Waals surface area contributed by atoms with Crippen LogP contribution in [0.5, 0.6) is 0 Å². The predicted octanol–water partition coefficient (Wildman–Crippen LogP) is 3.90. The van der Waals surface area contributed by atoms with Crippen LogP contribution in [0.25, 0.3) is 5.69 Å². The van der Waals surface area contributed by atoms with Gasteiger partial charge in [0.1, 0.15) is 5.82 Å². The second-order valence-corrected chi connectivity index (χ2v) is 5.28. The van der Waals surface area contributed by atoms with E-state index in [2.05, 4.69) is 15.9 Å². The normalized spacial score (nSPS) is 14.7. The first-order valence-electron chi connectivity index (χ1n) is 5.85. The van der Waals surface area contributed by atoms with Crippen LogP contribution in [0.15, 0.2) is 34.9 Å². The van der Waals surface area contributed by atoms with Gasteiger partial charge in [-0.1, -0.05) is 0 Å². The van der Waals surface area contributed by atoms with E-state index in [4.69, 9.17) is 0 Å². The molecule has 1 aliphatic rings. The summed E-state index contributed by atoms with van der Waals surface area (Å²) in [6, 6.07) is 6.83. The van der Waals surface area contributed by atoms with Crippen LogP contribution in [0.2, 0.25) is 0 Å². The summed E-state index contributed by atoms with van der Waals surface area (Å²) in [5, 5.41) is 0. The van der Waals surface area contributed by atoms with Crippen LogP contribution in [0.3, 0.4) is 0 Å². The lowest BCUT2D eigenvalue weighted by atomic mass is 9.97. The Morgan fingerprint density at radius 1 is 1.22 bits per heavy atom. The maximum absolute atomic E-state index is 13.6. The molecule has 3 rings (SSSR count). The summed E-state index contributed by atoms with van der Waals surface area (Å²) >= 11 is 3.14. The van der Waals surface area contributed by atoms with E-state index in [1.54, 1.807) is 6.07 Å². The molecule has 1 aromatic carbocycles. The SMILES string of the molecule is O=C1CCCc2c1ccn2-c1ccc(Br)c(F)c1. The maximum atomic E-state index is 13.6. The molecular weight excluding hydrogens is 297 g/mol. The molecular formula is C14H11BrFNO. The third-order valence-electron chi connectivity index (χ3n) is 3.29. The van der Waals surface area contributed by atoms with Crippen LogP contribution in [-0.4, -0.2) is 10.4 Å². The fraction of sp³-hybridized carbons (Fsp3) is 0.214. The largest absolute Gasteiger partial charge is 0.320 e. The van der Waals surface area contributed by atoms with E-state index in [0.29, 0.717) is 10.9 Å². The molecule has 2 nitrogen and oxygen atoms in total. The van der Waals surface area contributed by atoms with Crippen LogP contribution in [-0.2, 0) is 6.42 Å². The Morgan fingerprint density at radius 2 is 2.06 bits per heavy atom. The summed E-state index contributed by atoms with van der Waals surface area (Å²) in [6.45, 7) is 0. The molecule has 0 fully saturated rings. The Morgan fingerprint density at radius 3 is 2.83 bits per heavy atom. The van der Waals surface area contributed by atoms with Gasteiger partial charge >= 0.3 is 0 Å². The first kappa shape index (κ1) is 11.7. The molecule has 4 heteroatoms. The molecule has 1 heterocycles. The zero-order valence-electron chi connectivity index (χ0n) is 9.62.